The Morgan fingerprint density at radius 2 is 0.895 bits per heavy atom. The summed E-state index contributed by atoms with van der Waals surface area (Å²) in [6.45, 7) is 0. The van der Waals surface area contributed by atoms with Gasteiger partial charge in [0.1, 0.15) is 5.82 Å². The van der Waals surface area contributed by atoms with Gasteiger partial charge in [0.2, 0.25) is 5.95 Å². The van der Waals surface area contributed by atoms with Crippen LogP contribution in [0.3, 0.4) is 0 Å². The van der Waals surface area contributed by atoms with E-state index in [-0.39, 0.29) is 86.3 Å². The maximum Gasteiger partial charge on any atom is 0.237 e. The highest BCUT2D eigenvalue weighted by molar-refractivity contribution is 7.19. The second kappa shape index (κ2) is 13.4. The SMILES string of the molecule is [2H]c1c([2H])c(-c2cc(-n3c4ccccc4c4c([2H])c([2H])c([2H])c([2H])c43)nc(-n3c4ccccc4c4c([2H])c([2H])c([2H])c([2H])c43)n2)c([2H])c([Si](c2ccccc2)(c2ccccc2)c2ccccc2)c1[2H]. The molecule has 0 aliphatic heterocycles. The van der Waals surface area contributed by atoms with Gasteiger partial charge in [-0.25, -0.2) is 4.98 Å². The molecule has 0 aliphatic rings. The lowest BCUT2D eigenvalue weighted by molar-refractivity contribution is 0.952. The second-order valence-corrected chi connectivity index (χ2v) is 17.4. The summed E-state index contributed by atoms with van der Waals surface area (Å²) in [5, 5.41) is 4.13. The Hall–Kier alpha value is -7.34. The Bertz CT molecular complexity index is 3690. The summed E-state index contributed by atoms with van der Waals surface area (Å²) in [5.41, 5.74) is 0.848. The Labute approximate surface area is 348 Å². The summed E-state index contributed by atoms with van der Waals surface area (Å²) in [6, 6.07) is 39.9. The predicted octanol–water partition coefficient (Wildman–Crippen LogP) is 9.72. The minimum atomic E-state index is -3.74. The van der Waals surface area contributed by atoms with E-state index in [0.29, 0.717) is 21.8 Å². The van der Waals surface area contributed by atoms with Crippen LogP contribution < -0.4 is 20.7 Å². The van der Waals surface area contributed by atoms with Crippen molar-refractivity contribution in [2.75, 3.05) is 0 Å². The standard InChI is InChI=1S/C52H36N4Si/c1-4-20-38(21-5-1)57(39-22-6-2-7-23-39,40-24-8-3-9-25-40)41-26-18-19-37(35-41)46-36-51(55-47-31-14-10-27-42(47)43-28-11-15-32-48(43)55)54-52(53-46)56-49-33-16-12-29-44(49)45-30-13-17-34-50(45)56/h1-36H/i10D,12D,14D,16D,18D,19D,26D,27D,29D,31D,33D,35D. The number of hydrogen-bond donors (Lipinski definition) is 0. The molecule has 11 rings (SSSR count). The predicted molar refractivity (Wildman–Crippen MR) is 240 cm³/mol. The first-order chi connectivity index (χ1) is 33.3. The molecule has 8 aromatic carbocycles. The van der Waals surface area contributed by atoms with E-state index in [1.807, 2.05) is 91.0 Å². The molecule has 268 valence electrons. The van der Waals surface area contributed by atoms with Crippen LogP contribution in [0.5, 0.6) is 0 Å². The maximum absolute atomic E-state index is 10.4. The minimum absolute atomic E-state index is 0.0394. The molecule has 5 heteroatoms. The molecule has 3 heterocycles. The molecule has 4 nitrogen and oxygen atoms in total. The summed E-state index contributed by atoms with van der Waals surface area (Å²) < 4.78 is 114. The molecule has 0 spiro atoms. The molecule has 0 amide bonds. The highest BCUT2D eigenvalue weighted by atomic mass is 28.3. The van der Waals surface area contributed by atoms with Crippen LogP contribution >= 0.6 is 0 Å². The van der Waals surface area contributed by atoms with E-state index in [2.05, 4.69) is 0 Å². The van der Waals surface area contributed by atoms with E-state index in [1.165, 1.54) is 10.6 Å². The van der Waals surface area contributed by atoms with Crippen molar-refractivity contribution in [3.05, 3.63) is 218 Å². The van der Waals surface area contributed by atoms with Gasteiger partial charge >= 0.3 is 0 Å². The Balaban J connectivity index is 1.34. The number of fused-ring (bicyclic) bond motifs is 6. The van der Waals surface area contributed by atoms with Gasteiger partial charge in [-0.1, -0.05) is 188 Å². The third-order valence-electron chi connectivity index (χ3n) is 10.6. The van der Waals surface area contributed by atoms with Crippen molar-refractivity contribution in [3.63, 3.8) is 0 Å². The molecule has 57 heavy (non-hydrogen) atoms. The van der Waals surface area contributed by atoms with Gasteiger partial charge < -0.3 is 0 Å². The van der Waals surface area contributed by atoms with Gasteiger partial charge in [0.05, 0.1) is 44.2 Å². The van der Waals surface area contributed by atoms with Crippen LogP contribution in [0.15, 0.2) is 218 Å². The smallest absolute Gasteiger partial charge is 0.237 e. The van der Waals surface area contributed by atoms with Crippen LogP contribution in [0.2, 0.25) is 0 Å². The van der Waals surface area contributed by atoms with E-state index in [9.17, 15) is 8.22 Å². The molecule has 0 saturated carbocycles. The summed E-state index contributed by atoms with van der Waals surface area (Å²) in [5.74, 6) is -0.109. The molecular formula is C52H36N4Si. The van der Waals surface area contributed by atoms with Crippen molar-refractivity contribution in [2.45, 2.75) is 0 Å². The fraction of sp³-hybridized carbons (Fsp3) is 0. The minimum Gasteiger partial charge on any atom is -0.294 e. The summed E-state index contributed by atoms with van der Waals surface area (Å²) in [4.78, 5) is 10.2. The Morgan fingerprint density at radius 3 is 1.47 bits per heavy atom. The van der Waals surface area contributed by atoms with E-state index in [0.717, 1.165) is 15.6 Å². The number of aromatic nitrogens is 4. The van der Waals surface area contributed by atoms with Gasteiger partial charge in [-0.2, -0.15) is 4.98 Å². The molecule has 0 saturated heterocycles. The molecule has 3 aromatic heterocycles. The normalized spacial score (nSPS) is 14.8. The third-order valence-corrected chi connectivity index (χ3v) is 15.2. The lowest BCUT2D eigenvalue weighted by Crippen LogP contribution is -2.74. The molecule has 0 fully saturated rings. The Kier molecular flexibility index (Phi) is 5.40. The number of nitrogens with zero attached hydrogens (tertiary/aromatic N) is 4. The number of hydrogen-bond acceptors (Lipinski definition) is 2. The van der Waals surface area contributed by atoms with Crippen LogP contribution in [0.4, 0.5) is 0 Å². The lowest BCUT2D eigenvalue weighted by atomic mass is 10.1. The average Bonchev–Trinajstić information content (AvgIpc) is 3.92. The van der Waals surface area contributed by atoms with Gasteiger partial charge in [-0.05, 0) is 45.0 Å². The van der Waals surface area contributed by atoms with E-state index in [4.69, 9.17) is 18.2 Å². The third kappa shape index (κ3) is 5.20. The fourth-order valence-electron chi connectivity index (χ4n) is 8.21. The first-order valence-corrected chi connectivity index (χ1v) is 20.5. The molecule has 0 aliphatic carbocycles. The highest BCUT2D eigenvalue weighted by Crippen LogP contribution is 2.35. The van der Waals surface area contributed by atoms with Gasteiger partial charge in [-0.15, -0.1) is 0 Å². The summed E-state index contributed by atoms with van der Waals surface area (Å²) >= 11 is 0. The van der Waals surface area contributed by atoms with Crippen LogP contribution in [-0.4, -0.2) is 27.2 Å². The molecule has 0 bridgehead atoms. The van der Waals surface area contributed by atoms with Crippen molar-refractivity contribution in [1.29, 1.82) is 0 Å². The zero-order valence-corrected chi connectivity index (χ0v) is 31.1. The quantitative estimate of drug-likeness (QED) is 0.120. The first kappa shape index (κ1) is 22.9. The second-order valence-electron chi connectivity index (χ2n) is 13.7. The lowest BCUT2D eigenvalue weighted by Gasteiger charge is -2.34. The topological polar surface area (TPSA) is 35.6 Å². The Morgan fingerprint density at radius 1 is 0.404 bits per heavy atom. The number of para-hydroxylation sites is 4. The largest absolute Gasteiger partial charge is 0.294 e. The monoisotopic (exact) mass is 756 g/mol. The number of rotatable bonds is 7. The molecule has 0 radical (unpaired) electrons. The highest BCUT2D eigenvalue weighted by Gasteiger charge is 2.41. The van der Waals surface area contributed by atoms with E-state index < -0.39 is 44.3 Å². The van der Waals surface area contributed by atoms with Crippen LogP contribution in [-0.2, 0) is 0 Å². The fourth-order valence-corrected chi connectivity index (χ4v) is 12.7. The zero-order chi connectivity index (χ0) is 48.2. The van der Waals surface area contributed by atoms with Crippen molar-refractivity contribution in [3.8, 4) is 23.0 Å². The van der Waals surface area contributed by atoms with E-state index in [1.54, 1.807) is 53.1 Å². The average molecular weight is 757 g/mol. The molecule has 0 atom stereocenters. The van der Waals surface area contributed by atoms with Gasteiger partial charge in [0.25, 0.3) is 0 Å². The summed E-state index contributed by atoms with van der Waals surface area (Å²) in [6.07, 6.45) is 0. The van der Waals surface area contributed by atoms with Crippen molar-refractivity contribution < 1.29 is 16.4 Å². The van der Waals surface area contributed by atoms with Crippen molar-refractivity contribution in [2.24, 2.45) is 0 Å². The first-order valence-electron chi connectivity index (χ1n) is 24.5. The van der Waals surface area contributed by atoms with Crippen molar-refractivity contribution >= 4 is 72.4 Å². The van der Waals surface area contributed by atoms with Crippen molar-refractivity contribution in [1.82, 2.24) is 19.1 Å². The van der Waals surface area contributed by atoms with Crippen LogP contribution in [0.25, 0.3) is 66.6 Å². The van der Waals surface area contributed by atoms with Crippen LogP contribution in [0.1, 0.15) is 16.4 Å². The molecule has 11 aromatic rings. The maximum atomic E-state index is 10.4. The summed E-state index contributed by atoms with van der Waals surface area (Å²) in [7, 11) is -3.74. The number of benzene rings is 8. The van der Waals surface area contributed by atoms with E-state index >= 15 is 0 Å². The van der Waals surface area contributed by atoms with Crippen LogP contribution in [0, 0.1) is 0 Å². The van der Waals surface area contributed by atoms with Gasteiger partial charge in [0, 0.05) is 33.2 Å². The van der Waals surface area contributed by atoms with Gasteiger partial charge in [-0.3, -0.25) is 9.13 Å². The molecule has 0 unspecified atom stereocenters. The zero-order valence-electron chi connectivity index (χ0n) is 42.1. The van der Waals surface area contributed by atoms with Gasteiger partial charge in [0.15, 0.2) is 8.07 Å². The molecular weight excluding hydrogens is 709 g/mol. The molecule has 0 N–H and O–H groups in total.